The number of para-hydroxylation sites is 1. The lowest BCUT2D eigenvalue weighted by molar-refractivity contribution is -0.146. The van der Waals surface area contributed by atoms with Crippen molar-refractivity contribution in [2.75, 3.05) is 0 Å². The Morgan fingerprint density at radius 3 is 2.61 bits per heavy atom. The van der Waals surface area contributed by atoms with Crippen molar-refractivity contribution < 1.29 is 4.79 Å². The largest absolute Gasteiger partial charge is 0.350 e. The third kappa shape index (κ3) is 2.32. The number of β-lactam (4-membered cyclic amide) rings is 1. The second-order valence-corrected chi connectivity index (χ2v) is 5.83. The Labute approximate surface area is 134 Å². The number of hydrazone groups is 1. The van der Waals surface area contributed by atoms with Crippen molar-refractivity contribution in [1.29, 1.82) is 0 Å². The van der Waals surface area contributed by atoms with Gasteiger partial charge in [0.25, 0.3) is 0 Å². The quantitative estimate of drug-likeness (QED) is 0.539. The van der Waals surface area contributed by atoms with Gasteiger partial charge in [-0.25, -0.2) is 5.01 Å². The molecule has 1 atom stereocenters. The summed E-state index contributed by atoms with van der Waals surface area (Å²) in [6, 6.07) is 18.3. The Morgan fingerprint density at radius 2 is 1.83 bits per heavy atom. The average Bonchev–Trinajstić information content (AvgIpc) is 2.90. The van der Waals surface area contributed by atoms with Gasteiger partial charge in [0.15, 0.2) is 0 Å². The van der Waals surface area contributed by atoms with E-state index >= 15 is 0 Å². The standard InChI is InChI=1S/C19H17N3O/c1-21-13-15(16-9-5-6-10-17(16)21)12-20-22-18(11-19(22)23)14-7-3-2-4-8-14/h2-10,12-13,18H,11H2,1H3/b20-12-/t18-/m0/s1. The third-order valence-electron chi connectivity index (χ3n) is 4.35. The summed E-state index contributed by atoms with van der Waals surface area (Å²) < 4.78 is 2.07. The number of fused-ring (bicyclic) bond motifs is 1. The molecule has 1 aromatic heterocycles. The molecule has 0 aliphatic carbocycles. The van der Waals surface area contributed by atoms with Crippen molar-refractivity contribution in [3.63, 3.8) is 0 Å². The maximum absolute atomic E-state index is 11.9. The van der Waals surface area contributed by atoms with Crippen molar-refractivity contribution in [1.82, 2.24) is 9.58 Å². The molecule has 2 heterocycles. The molecule has 0 bridgehead atoms. The summed E-state index contributed by atoms with van der Waals surface area (Å²) in [6.45, 7) is 0. The molecule has 1 amide bonds. The predicted octanol–water partition coefficient (Wildman–Crippen LogP) is 3.49. The van der Waals surface area contributed by atoms with Crippen LogP contribution >= 0.6 is 0 Å². The maximum atomic E-state index is 11.9. The zero-order valence-corrected chi connectivity index (χ0v) is 12.9. The van der Waals surface area contributed by atoms with Crippen LogP contribution in [0.2, 0.25) is 0 Å². The molecule has 3 aromatic rings. The van der Waals surface area contributed by atoms with Gasteiger partial charge in [0, 0.05) is 29.7 Å². The van der Waals surface area contributed by atoms with E-state index in [4.69, 9.17) is 0 Å². The number of aryl methyl sites for hydroxylation is 1. The smallest absolute Gasteiger partial charge is 0.245 e. The first kappa shape index (κ1) is 13.8. The lowest BCUT2D eigenvalue weighted by atomic mass is 9.96. The van der Waals surface area contributed by atoms with Gasteiger partial charge in [0.1, 0.15) is 0 Å². The van der Waals surface area contributed by atoms with Gasteiger partial charge >= 0.3 is 0 Å². The molecule has 4 heteroatoms. The monoisotopic (exact) mass is 303 g/mol. The molecular formula is C19H17N3O. The highest BCUT2D eigenvalue weighted by Gasteiger charge is 2.37. The molecular weight excluding hydrogens is 286 g/mol. The van der Waals surface area contributed by atoms with Crippen LogP contribution in [0.5, 0.6) is 0 Å². The van der Waals surface area contributed by atoms with Gasteiger partial charge in [-0.1, -0.05) is 48.5 Å². The van der Waals surface area contributed by atoms with Gasteiger partial charge in [-0.05, 0) is 11.6 Å². The minimum absolute atomic E-state index is 0.0509. The number of aromatic nitrogens is 1. The average molecular weight is 303 g/mol. The summed E-state index contributed by atoms with van der Waals surface area (Å²) in [5.41, 5.74) is 3.31. The fourth-order valence-corrected chi connectivity index (χ4v) is 3.09. The molecule has 0 spiro atoms. The van der Waals surface area contributed by atoms with Gasteiger partial charge in [0.05, 0.1) is 18.7 Å². The van der Waals surface area contributed by atoms with Gasteiger partial charge in [-0.3, -0.25) is 4.79 Å². The van der Waals surface area contributed by atoms with Gasteiger partial charge in [-0.15, -0.1) is 0 Å². The lowest BCUT2D eigenvalue weighted by Gasteiger charge is -2.36. The van der Waals surface area contributed by atoms with Crippen molar-refractivity contribution >= 4 is 23.0 Å². The summed E-state index contributed by atoms with van der Waals surface area (Å²) in [5.74, 6) is 0.0651. The highest BCUT2D eigenvalue weighted by molar-refractivity contribution is 5.99. The van der Waals surface area contributed by atoms with Crippen LogP contribution in [0.25, 0.3) is 10.9 Å². The molecule has 4 nitrogen and oxygen atoms in total. The maximum Gasteiger partial charge on any atom is 0.245 e. The first-order chi connectivity index (χ1) is 11.2. The molecule has 114 valence electrons. The molecule has 0 radical (unpaired) electrons. The topological polar surface area (TPSA) is 37.6 Å². The van der Waals surface area contributed by atoms with Crippen LogP contribution in [-0.4, -0.2) is 21.7 Å². The van der Waals surface area contributed by atoms with Gasteiger partial charge in [0.2, 0.25) is 5.91 Å². The van der Waals surface area contributed by atoms with E-state index in [9.17, 15) is 4.79 Å². The Hall–Kier alpha value is -2.88. The number of amides is 1. The number of carbonyl (C=O) groups is 1. The summed E-state index contributed by atoms with van der Waals surface area (Å²) in [6.07, 6.45) is 4.35. The lowest BCUT2D eigenvalue weighted by Crippen LogP contribution is -2.42. The molecule has 1 aliphatic heterocycles. The van der Waals surface area contributed by atoms with Crippen molar-refractivity contribution in [3.05, 3.63) is 71.9 Å². The first-order valence-corrected chi connectivity index (χ1v) is 7.69. The minimum atomic E-state index is 0.0509. The van der Waals surface area contributed by atoms with Gasteiger partial charge < -0.3 is 4.57 Å². The highest BCUT2D eigenvalue weighted by Crippen LogP contribution is 2.34. The van der Waals surface area contributed by atoms with E-state index in [0.29, 0.717) is 6.42 Å². The van der Waals surface area contributed by atoms with E-state index in [2.05, 4.69) is 21.8 Å². The highest BCUT2D eigenvalue weighted by atomic mass is 16.2. The first-order valence-electron chi connectivity index (χ1n) is 7.69. The molecule has 2 aromatic carbocycles. The number of benzene rings is 2. The molecule has 4 rings (SSSR count). The predicted molar refractivity (Wildman–Crippen MR) is 91.2 cm³/mol. The Morgan fingerprint density at radius 1 is 1.09 bits per heavy atom. The minimum Gasteiger partial charge on any atom is -0.350 e. The van der Waals surface area contributed by atoms with Gasteiger partial charge in [-0.2, -0.15) is 5.10 Å². The van der Waals surface area contributed by atoms with E-state index < -0.39 is 0 Å². The Balaban J connectivity index is 1.63. The van der Waals surface area contributed by atoms with E-state index in [1.165, 1.54) is 0 Å². The normalized spacial score (nSPS) is 17.9. The molecule has 1 saturated heterocycles. The summed E-state index contributed by atoms with van der Waals surface area (Å²) in [4.78, 5) is 11.9. The molecule has 0 saturated carbocycles. The summed E-state index contributed by atoms with van der Waals surface area (Å²) in [5, 5.41) is 7.17. The SMILES string of the molecule is Cn1cc(/C=N\N2C(=O)C[C@H]2c2ccccc2)c2ccccc21. The molecule has 0 unspecified atom stereocenters. The number of nitrogens with zero attached hydrogens (tertiary/aromatic N) is 3. The van der Waals surface area contributed by atoms with Crippen LogP contribution < -0.4 is 0 Å². The number of hydrogen-bond acceptors (Lipinski definition) is 2. The zero-order valence-electron chi connectivity index (χ0n) is 12.9. The van der Waals surface area contributed by atoms with E-state index in [1.54, 1.807) is 11.2 Å². The number of rotatable bonds is 3. The van der Waals surface area contributed by atoms with Crippen molar-refractivity contribution in [2.24, 2.45) is 12.1 Å². The van der Waals surface area contributed by atoms with Crippen LogP contribution in [-0.2, 0) is 11.8 Å². The fraction of sp³-hybridized carbons (Fsp3) is 0.158. The Kier molecular flexibility index (Phi) is 3.23. The fourth-order valence-electron chi connectivity index (χ4n) is 3.09. The molecule has 1 aliphatic rings. The third-order valence-corrected chi connectivity index (χ3v) is 4.35. The molecule has 23 heavy (non-hydrogen) atoms. The van der Waals surface area contributed by atoms with Crippen molar-refractivity contribution in [2.45, 2.75) is 12.5 Å². The van der Waals surface area contributed by atoms with E-state index in [-0.39, 0.29) is 11.9 Å². The van der Waals surface area contributed by atoms with E-state index in [0.717, 1.165) is 22.0 Å². The zero-order chi connectivity index (χ0) is 15.8. The second kappa shape index (κ2) is 5.39. The summed E-state index contributed by atoms with van der Waals surface area (Å²) >= 11 is 0. The second-order valence-electron chi connectivity index (χ2n) is 5.83. The molecule has 0 N–H and O–H groups in total. The van der Waals surface area contributed by atoms with Crippen LogP contribution in [0.15, 0.2) is 65.9 Å². The molecule has 1 fully saturated rings. The van der Waals surface area contributed by atoms with Crippen LogP contribution in [0.1, 0.15) is 23.6 Å². The van der Waals surface area contributed by atoms with Crippen LogP contribution in [0, 0.1) is 0 Å². The van der Waals surface area contributed by atoms with Crippen LogP contribution in [0.4, 0.5) is 0 Å². The number of hydrogen-bond donors (Lipinski definition) is 0. The number of carbonyl (C=O) groups excluding carboxylic acids is 1. The Bertz CT molecular complexity index is 895. The van der Waals surface area contributed by atoms with Crippen molar-refractivity contribution in [3.8, 4) is 0 Å². The van der Waals surface area contributed by atoms with Crippen LogP contribution in [0.3, 0.4) is 0 Å². The van der Waals surface area contributed by atoms with E-state index in [1.807, 2.05) is 55.7 Å². The summed E-state index contributed by atoms with van der Waals surface area (Å²) in [7, 11) is 2.02.